The maximum Gasteiger partial charge on any atom is 0.123 e. The lowest BCUT2D eigenvalue weighted by Crippen LogP contribution is -2.22. The van der Waals surface area contributed by atoms with Crippen LogP contribution in [0, 0.1) is 18.3 Å². The molecule has 0 fully saturated rings. The number of hydrogen-bond acceptors (Lipinski definition) is 3. The Balaban J connectivity index is 2.23. The Kier molecular flexibility index (Phi) is 4.40. The number of anilines is 1. The van der Waals surface area contributed by atoms with Gasteiger partial charge >= 0.3 is 0 Å². The van der Waals surface area contributed by atoms with Crippen molar-refractivity contribution in [3.63, 3.8) is 0 Å². The molecule has 0 spiro atoms. The molecule has 2 rings (SSSR count). The Morgan fingerprint density at radius 1 is 1.33 bits per heavy atom. The largest absolute Gasteiger partial charge is 0.397 e. The van der Waals surface area contributed by atoms with Crippen molar-refractivity contribution < 1.29 is 4.74 Å². The number of nitriles is 1. The topological polar surface area (TPSA) is 64.0 Å². The Bertz CT molecular complexity index is 692. The molecule has 0 amide bonds. The number of fused-ring (bicyclic) bond motifs is 1. The van der Waals surface area contributed by atoms with Crippen molar-refractivity contribution in [1.82, 2.24) is 4.57 Å². The van der Waals surface area contributed by atoms with Crippen molar-refractivity contribution in [3.8, 4) is 6.07 Å². The van der Waals surface area contributed by atoms with Gasteiger partial charge in [0.2, 0.25) is 0 Å². The van der Waals surface area contributed by atoms with Crippen molar-refractivity contribution in [2.45, 2.75) is 39.3 Å². The minimum absolute atomic E-state index is 0.440. The van der Waals surface area contributed by atoms with Crippen molar-refractivity contribution in [3.05, 3.63) is 29.5 Å². The maximum atomic E-state index is 9.27. The second-order valence-electron chi connectivity index (χ2n) is 6.72. The number of rotatable bonds is 5. The highest BCUT2D eigenvalue weighted by Crippen LogP contribution is 2.28. The number of ether oxygens (including phenoxy) is 1. The van der Waals surface area contributed by atoms with Crippen LogP contribution in [0.2, 0.25) is 25.7 Å². The van der Waals surface area contributed by atoms with Gasteiger partial charge in [0.1, 0.15) is 12.8 Å². The van der Waals surface area contributed by atoms with E-state index in [1.54, 1.807) is 0 Å². The number of aromatic nitrogens is 1. The van der Waals surface area contributed by atoms with Crippen molar-refractivity contribution in [2.75, 3.05) is 12.3 Å². The van der Waals surface area contributed by atoms with E-state index in [4.69, 9.17) is 10.5 Å². The average molecular weight is 301 g/mol. The molecule has 1 aromatic heterocycles. The minimum atomic E-state index is -1.08. The first-order valence-corrected chi connectivity index (χ1v) is 10.9. The molecular formula is C16H23N3OSi. The van der Waals surface area contributed by atoms with E-state index in [0.717, 1.165) is 29.1 Å². The van der Waals surface area contributed by atoms with Gasteiger partial charge in [-0.05, 0) is 30.7 Å². The number of nitrogen functional groups attached to an aromatic ring is 1. The fourth-order valence-electron chi connectivity index (χ4n) is 2.35. The molecule has 0 saturated heterocycles. The van der Waals surface area contributed by atoms with Crippen LogP contribution in [0.1, 0.15) is 11.1 Å². The highest BCUT2D eigenvalue weighted by molar-refractivity contribution is 6.76. The Morgan fingerprint density at radius 3 is 2.67 bits per heavy atom. The Labute approximate surface area is 127 Å². The van der Waals surface area contributed by atoms with E-state index in [2.05, 4.69) is 25.7 Å². The minimum Gasteiger partial charge on any atom is -0.397 e. The molecule has 0 saturated carbocycles. The number of hydrogen-bond donors (Lipinski definition) is 1. The monoisotopic (exact) mass is 301 g/mol. The maximum absolute atomic E-state index is 9.27. The molecule has 0 unspecified atom stereocenters. The Hall–Kier alpha value is -1.77. The molecule has 2 N–H and O–H groups in total. The summed E-state index contributed by atoms with van der Waals surface area (Å²) in [6.45, 7) is 10.2. The number of benzene rings is 1. The fourth-order valence-corrected chi connectivity index (χ4v) is 3.11. The van der Waals surface area contributed by atoms with E-state index >= 15 is 0 Å². The average Bonchev–Trinajstić information content (AvgIpc) is 2.71. The molecule has 2 aromatic rings. The first-order valence-electron chi connectivity index (χ1n) is 7.18. The third-order valence-electron chi connectivity index (χ3n) is 3.49. The summed E-state index contributed by atoms with van der Waals surface area (Å²) in [5.74, 6) is 0. The summed E-state index contributed by atoms with van der Waals surface area (Å²) in [6.07, 6.45) is 1.83. The zero-order chi connectivity index (χ0) is 15.6. The molecule has 0 radical (unpaired) electrons. The van der Waals surface area contributed by atoms with Gasteiger partial charge in [-0.15, -0.1) is 0 Å². The van der Waals surface area contributed by atoms with E-state index in [0.29, 0.717) is 18.0 Å². The van der Waals surface area contributed by atoms with Crippen molar-refractivity contribution in [1.29, 1.82) is 5.26 Å². The quantitative estimate of drug-likeness (QED) is 0.520. The molecule has 4 nitrogen and oxygen atoms in total. The molecule has 1 aromatic carbocycles. The summed E-state index contributed by atoms with van der Waals surface area (Å²) in [4.78, 5) is 0. The molecule has 0 aliphatic heterocycles. The molecule has 1 heterocycles. The summed E-state index contributed by atoms with van der Waals surface area (Å²) in [5, 5.41) is 10.2. The van der Waals surface area contributed by atoms with Gasteiger partial charge in [-0.25, -0.2) is 0 Å². The molecule has 5 heteroatoms. The molecule has 112 valence electrons. The van der Waals surface area contributed by atoms with Gasteiger partial charge in [-0.3, -0.25) is 0 Å². The lowest BCUT2D eigenvalue weighted by atomic mass is 10.1. The van der Waals surface area contributed by atoms with Crippen LogP contribution in [0.3, 0.4) is 0 Å². The van der Waals surface area contributed by atoms with Crippen LogP contribution in [0.15, 0.2) is 18.3 Å². The van der Waals surface area contributed by atoms with E-state index in [1.165, 1.54) is 0 Å². The Morgan fingerprint density at radius 2 is 2.05 bits per heavy atom. The zero-order valence-electron chi connectivity index (χ0n) is 13.2. The number of nitrogens with zero attached hydrogens (tertiary/aromatic N) is 2. The van der Waals surface area contributed by atoms with Crippen LogP contribution >= 0.6 is 0 Å². The second-order valence-corrected chi connectivity index (χ2v) is 12.3. The fraction of sp³-hybridized carbons (Fsp3) is 0.438. The molecule has 21 heavy (non-hydrogen) atoms. The van der Waals surface area contributed by atoms with Gasteiger partial charge in [-0.1, -0.05) is 19.6 Å². The standard InChI is InChI=1S/C16H23N3OSi/c1-12-7-14-13(9-17)10-19(16(14)15(18)8-12)11-20-5-6-21(2,3)4/h7-8,10H,5-6,11,18H2,1-4H3. The predicted octanol–water partition coefficient (Wildman–Crippen LogP) is 3.72. The lowest BCUT2D eigenvalue weighted by molar-refractivity contribution is 0.0903. The molecular weight excluding hydrogens is 278 g/mol. The number of aryl methyl sites for hydroxylation is 1. The lowest BCUT2D eigenvalue weighted by Gasteiger charge is -2.16. The van der Waals surface area contributed by atoms with Crippen LogP contribution in [0.5, 0.6) is 0 Å². The highest BCUT2D eigenvalue weighted by atomic mass is 28.3. The van der Waals surface area contributed by atoms with Gasteiger partial charge in [0.25, 0.3) is 0 Å². The van der Waals surface area contributed by atoms with Crippen LogP contribution in [0.4, 0.5) is 5.69 Å². The molecule has 0 atom stereocenters. The third kappa shape index (κ3) is 3.66. The van der Waals surface area contributed by atoms with Gasteiger partial charge in [0.05, 0.1) is 16.8 Å². The van der Waals surface area contributed by atoms with E-state index < -0.39 is 8.07 Å². The van der Waals surface area contributed by atoms with E-state index in [-0.39, 0.29) is 0 Å². The summed E-state index contributed by atoms with van der Waals surface area (Å²) in [5.41, 5.74) is 9.42. The normalized spacial score (nSPS) is 11.8. The third-order valence-corrected chi connectivity index (χ3v) is 5.20. The summed E-state index contributed by atoms with van der Waals surface area (Å²) in [7, 11) is -1.08. The van der Waals surface area contributed by atoms with Gasteiger partial charge in [0, 0.05) is 26.3 Å². The van der Waals surface area contributed by atoms with E-state index in [1.807, 2.05) is 29.8 Å². The molecule has 0 aliphatic carbocycles. The summed E-state index contributed by atoms with van der Waals surface area (Å²) >= 11 is 0. The first-order chi connectivity index (χ1) is 9.81. The predicted molar refractivity (Wildman–Crippen MR) is 89.9 cm³/mol. The SMILES string of the molecule is Cc1cc(N)c2c(c1)c(C#N)cn2COCC[Si](C)(C)C. The molecule has 0 bridgehead atoms. The van der Waals surface area contributed by atoms with E-state index in [9.17, 15) is 5.26 Å². The van der Waals surface area contributed by atoms with Crippen LogP contribution < -0.4 is 5.73 Å². The van der Waals surface area contributed by atoms with Crippen molar-refractivity contribution >= 4 is 24.7 Å². The smallest absolute Gasteiger partial charge is 0.123 e. The summed E-state index contributed by atoms with van der Waals surface area (Å²) in [6, 6.07) is 7.30. The van der Waals surface area contributed by atoms with Crippen LogP contribution in [0.25, 0.3) is 10.9 Å². The van der Waals surface area contributed by atoms with Crippen molar-refractivity contribution in [2.24, 2.45) is 0 Å². The molecule has 0 aliphatic rings. The zero-order valence-corrected chi connectivity index (χ0v) is 14.2. The highest BCUT2D eigenvalue weighted by Gasteiger charge is 2.14. The second kappa shape index (κ2) is 5.92. The summed E-state index contributed by atoms with van der Waals surface area (Å²) < 4.78 is 7.72. The first kappa shape index (κ1) is 15.6. The van der Waals surface area contributed by atoms with Gasteiger partial charge < -0.3 is 15.0 Å². The van der Waals surface area contributed by atoms with Crippen LogP contribution in [-0.2, 0) is 11.5 Å². The van der Waals surface area contributed by atoms with Gasteiger partial charge in [0.15, 0.2) is 0 Å². The number of nitrogens with two attached hydrogens (primary N) is 1. The van der Waals surface area contributed by atoms with Gasteiger partial charge in [-0.2, -0.15) is 5.26 Å². The van der Waals surface area contributed by atoms with Crippen LogP contribution in [-0.4, -0.2) is 19.2 Å².